The topological polar surface area (TPSA) is 169 Å². The molecule has 0 saturated heterocycles. The largest absolute Gasteiger partial charge is 0.343 e. The van der Waals surface area contributed by atoms with Gasteiger partial charge in [0.05, 0.1) is 12.5 Å². The van der Waals surface area contributed by atoms with Crippen LogP contribution in [0.3, 0.4) is 0 Å². The van der Waals surface area contributed by atoms with Crippen molar-refractivity contribution in [2.45, 2.75) is 45.2 Å². The zero-order valence-electron chi connectivity index (χ0n) is 20.5. The molecule has 190 valence electrons. The molecule has 2 rings (SSSR count). The van der Waals surface area contributed by atoms with E-state index in [0.717, 1.165) is 17.0 Å². The lowest BCUT2D eigenvalue weighted by Crippen LogP contribution is -2.52. The normalized spacial score (nSPS) is 12.5. The minimum atomic E-state index is -1.11. The molecule has 10 heteroatoms. The first-order valence-electron chi connectivity index (χ1n) is 11.8. The van der Waals surface area contributed by atoms with Gasteiger partial charge in [-0.3, -0.25) is 19.4 Å². The van der Waals surface area contributed by atoms with Gasteiger partial charge >= 0.3 is 0 Å². The van der Waals surface area contributed by atoms with Crippen molar-refractivity contribution in [2.75, 3.05) is 31.5 Å². The van der Waals surface area contributed by atoms with Crippen molar-refractivity contribution < 1.29 is 14.4 Å². The van der Waals surface area contributed by atoms with Crippen LogP contribution in [-0.4, -0.2) is 65.9 Å². The maximum atomic E-state index is 13.1. The van der Waals surface area contributed by atoms with Gasteiger partial charge in [-0.2, -0.15) is 0 Å². The molecule has 0 aliphatic carbocycles. The fraction of sp³-hybridized carbons (Fsp3) is 0.440. The Kier molecular flexibility index (Phi) is 11.3. The number of hydrogen-bond acceptors (Lipinski definition) is 7. The quantitative estimate of drug-likeness (QED) is 0.271. The zero-order valence-corrected chi connectivity index (χ0v) is 20.5. The van der Waals surface area contributed by atoms with Crippen LogP contribution < -0.4 is 27.8 Å². The van der Waals surface area contributed by atoms with E-state index in [2.05, 4.69) is 15.6 Å². The Hall–Kier alpha value is -3.34. The number of amides is 3. The summed E-state index contributed by atoms with van der Waals surface area (Å²) in [5.74, 6) is -1.25. The van der Waals surface area contributed by atoms with E-state index >= 15 is 0 Å². The van der Waals surface area contributed by atoms with Crippen LogP contribution in [0.15, 0.2) is 42.5 Å². The number of aromatic nitrogens is 1. The van der Waals surface area contributed by atoms with E-state index in [1.807, 2.05) is 44.2 Å². The van der Waals surface area contributed by atoms with Crippen LogP contribution in [0.25, 0.3) is 0 Å². The Bertz CT molecular complexity index is 958. The highest BCUT2D eigenvalue weighted by Crippen LogP contribution is 2.13. The van der Waals surface area contributed by atoms with Crippen LogP contribution in [0.4, 0.5) is 5.69 Å². The molecule has 10 nitrogen and oxygen atoms in total. The second-order valence-corrected chi connectivity index (χ2v) is 8.48. The van der Waals surface area contributed by atoms with Gasteiger partial charge in [0.15, 0.2) is 0 Å². The number of hydrogen-bond donors (Lipinski definition) is 5. The summed E-state index contributed by atoms with van der Waals surface area (Å²) in [7, 11) is 0. The highest BCUT2D eigenvalue weighted by Gasteiger charge is 2.26. The third-order valence-corrected chi connectivity index (χ3v) is 5.43. The molecule has 1 aromatic heterocycles. The molecule has 0 spiro atoms. The Morgan fingerprint density at radius 3 is 2.14 bits per heavy atom. The summed E-state index contributed by atoms with van der Waals surface area (Å²) in [6.45, 7) is 4.90. The Labute approximate surface area is 206 Å². The Morgan fingerprint density at radius 2 is 1.57 bits per heavy atom. The van der Waals surface area contributed by atoms with E-state index in [-0.39, 0.29) is 31.3 Å². The number of nitrogens with zero attached hydrogens (tertiary/aromatic N) is 2. The van der Waals surface area contributed by atoms with Crippen LogP contribution in [0, 0.1) is 13.8 Å². The van der Waals surface area contributed by atoms with E-state index in [4.69, 9.17) is 17.2 Å². The lowest BCUT2D eigenvalue weighted by Gasteiger charge is -2.24. The van der Waals surface area contributed by atoms with E-state index in [0.29, 0.717) is 31.6 Å². The highest BCUT2D eigenvalue weighted by molar-refractivity contribution is 5.98. The van der Waals surface area contributed by atoms with Crippen molar-refractivity contribution in [1.29, 1.82) is 0 Å². The summed E-state index contributed by atoms with van der Waals surface area (Å²) in [6.07, 6.45) is 0.724. The summed E-state index contributed by atoms with van der Waals surface area (Å²) in [5, 5.41) is 5.59. The second-order valence-electron chi connectivity index (χ2n) is 8.48. The van der Waals surface area contributed by atoms with Crippen LogP contribution in [-0.2, 0) is 20.8 Å². The molecule has 2 aromatic rings. The summed E-state index contributed by atoms with van der Waals surface area (Å²) < 4.78 is 0. The summed E-state index contributed by atoms with van der Waals surface area (Å²) in [6, 6.07) is 11.2. The average molecular weight is 484 g/mol. The fourth-order valence-electron chi connectivity index (χ4n) is 3.72. The summed E-state index contributed by atoms with van der Waals surface area (Å²) in [5.41, 5.74) is 20.3. The molecule has 0 unspecified atom stereocenters. The van der Waals surface area contributed by atoms with Gasteiger partial charge in [0.2, 0.25) is 17.7 Å². The van der Waals surface area contributed by atoms with Gasteiger partial charge in [-0.1, -0.05) is 30.3 Å². The van der Waals surface area contributed by atoms with Gasteiger partial charge in [-0.25, -0.2) is 0 Å². The van der Waals surface area contributed by atoms with Crippen LogP contribution >= 0.6 is 0 Å². The monoisotopic (exact) mass is 483 g/mol. The molecular formula is C25H37N7O3. The standard InChI is InChI=1S/C25H37N7O3/c1-17-14-20(15-18(2)29-17)30-25(35)22(9-8-19-6-4-3-5-7-19)31-24(34)21(28)16-23(33)32(12-10-26)13-11-27/h3-7,14-15,21-22H,8-13,16,26-28H2,1-2H3,(H,31,34)(H,29,30,35)/t21-,22-/m0/s1. The number of nitrogens with two attached hydrogens (primary N) is 3. The lowest BCUT2D eigenvalue weighted by atomic mass is 10.0. The number of carbonyl (C=O) groups excluding carboxylic acids is 3. The van der Waals surface area contributed by atoms with Crippen molar-refractivity contribution in [2.24, 2.45) is 17.2 Å². The molecule has 1 aromatic carbocycles. The maximum Gasteiger partial charge on any atom is 0.246 e. The third-order valence-electron chi connectivity index (χ3n) is 5.43. The SMILES string of the molecule is Cc1cc(NC(=O)[C@H](CCc2ccccc2)NC(=O)[C@@H](N)CC(=O)N(CCN)CCN)cc(C)n1. The van der Waals surface area contributed by atoms with E-state index < -0.39 is 18.0 Å². The molecule has 0 radical (unpaired) electrons. The number of pyridine rings is 1. The smallest absolute Gasteiger partial charge is 0.246 e. The third kappa shape index (κ3) is 9.44. The Balaban J connectivity index is 2.10. The minimum Gasteiger partial charge on any atom is -0.343 e. The number of rotatable bonds is 13. The molecular weight excluding hydrogens is 446 g/mol. The molecule has 0 fully saturated rings. The van der Waals surface area contributed by atoms with E-state index in [1.54, 1.807) is 12.1 Å². The molecule has 2 atom stereocenters. The van der Waals surface area contributed by atoms with Crippen LogP contribution in [0.1, 0.15) is 29.8 Å². The number of benzene rings is 1. The van der Waals surface area contributed by atoms with Crippen molar-refractivity contribution in [3.05, 3.63) is 59.4 Å². The molecule has 0 bridgehead atoms. The average Bonchev–Trinajstić information content (AvgIpc) is 2.81. The summed E-state index contributed by atoms with van der Waals surface area (Å²) >= 11 is 0. The van der Waals surface area contributed by atoms with Gasteiger partial charge in [0, 0.05) is 43.3 Å². The molecule has 1 heterocycles. The number of aryl methyl sites for hydroxylation is 3. The Morgan fingerprint density at radius 1 is 0.971 bits per heavy atom. The molecule has 0 saturated carbocycles. The molecule has 8 N–H and O–H groups in total. The molecule has 0 aliphatic heterocycles. The predicted molar refractivity (Wildman–Crippen MR) is 136 cm³/mol. The number of nitrogens with one attached hydrogen (secondary N) is 2. The van der Waals surface area contributed by atoms with Crippen LogP contribution in [0.2, 0.25) is 0 Å². The van der Waals surface area contributed by atoms with Crippen molar-refractivity contribution in [3.63, 3.8) is 0 Å². The van der Waals surface area contributed by atoms with Crippen molar-refractivity contribution >= 4 is 23.4 Å². The minimum absolute atomic E-state index is 0.207. The lowest BCUT2D eigenvalue weighted by molar-refractivity contribution is -0.134. The first-order chi connectivity index (χ1) is 16.7. The first-order valence-corrected chi connectivity index (χ1v) is 11.8. The summed E-state index contributed by atoms with van der Waals surface area (Å²) in [4.78, 5) is 44.3. The molecule has 3 amide bonds. The van der Waals surface area contributed by atoms with E-state index in [9.17, 15) is 14.4 Å². The van der Waals surface area contributed by atoms with E-state index in [1.165, 1.54) is 4.90 Å². The maximum absolute atomic E-state index is 13.1. The van der Waals surface area contributed by atoms with Gasteiger partial charge < -0.3 is 32.7 Å². The molecule has 0 aliphatic rings. The number of anilines is 1. The van der Waals surface area contributed by atoms with Gasteiger partial charge in [-0.05, 0) is 44.4 Å². The first kappa shape index (κ1) is 27.9. The highest BCUT2D eigenvalue weighted by atomic mass is 16.2. The fourth-order valence-corrected chi connectivity index (χ4v) is 3.72. The van der Waals surface area contributed by atoms with Gasteiger partial charge in [0.1, 0.15) is 6.04 Å². The molecule has 35 heavy (non-hydrogen) atoms. The second kappa shape index (κ2) is 14.1. The zero-order chi connectivity index (χ0) is 25.8. The van der Waals surface area contributed by atoms with Gasteiger partial charge in [0.25, 0.3) is 0 Å². The number of carbonyl (C=O) groups is 3. The predicted octanol–water partition coefficient (Wildman–Crippen LogP) is 0.218. The van der Waals surface area contributed by atoms with Crippen molar-refractivity contribution in [1.82, 2.24) is 15.2 Å². The van der Waals surface area contributed by atoms with Crippen molar-refractivity contribution in [3.8, 4) is 0 Å². The van der Waals surface area contributed by atoms with Crippen LogP contribution in [0.5, 0.6) is 0 Å². The van der Waals surface area contributed by atoms with Gasteiger partial charge in [-0.15, -0.1) is 0 Å².